The van der Waals surface area contributed by atoms with Crippen LogP contribution in [-0.2, 0) is 0 Å². The Morgan fingerprint density at radius 3 is 2.50 bits per heavy atom. The monoisotopic (exact) mass is 167 g/mol. The van der Waals surface area contributed by atoms with E-state index >= 15 is 0 Å². The van der Waals surface area contributed by atoms with Gasteiger partial charge in [-0.25, -0.2) is 0 Å². The molecule has 1 fully saturated rings. The summed E-state index contributed by atoms with van der Waals surface area (Å²) in [6.45, 7) is 11.0. The zero-order chi connectivity index (χ0) is 8.97. The molecule has 0 spiro atoms. The molecule has 1 aliphatic heterocycles. The lowest BCUT2D eigenvalue weighted by atomic mass is 9.97. The van der Waals surface area contributed by atoms with Crippen molar-refractivity contribution >= 4 is 0 Å². The Bertz CT molecular complexity index is 134. The van der Waals surface area contributed by atoms with Crippen LogP contribution in [0, 0.1) is 5.92 Å². The predicted molar refractivity (Wildman–Crippen MR) is 54.2 cm³/mol. The van der Waals surface area contributed by atoms with E-state index in [0.29, 0.717) is 6.04 Å². The van der Waals surface area contributed by atoms with Crippen molar-refractivity contribution in [3.05, 3.63) is 12.7 Å². The maximum Gasteiger partial charge on any atom is 0.0272 e. The van der Waals surface area contributed by atoms with E-state index in [-0.39, 0.29) is 0 Å². The fourth-order valence-corrected chi connectivity index (χ4v) is 1.93. The number of hydrogen-bond donors (Lipinski definition) is 0. The van der Waals surface area contributed by atoms with Crippen molar-refractivity contribution in [3.8, 4) is 0 Å². The van der Waals surface area contributed by atoms with Gasteiger partial charge in [0, 0.05) is 6.04 Å². The van der Waals surface area contributed by atoms with Crippen LogP contribution < -0.4 is 0 Å². The van der Waals surface area contributed by atoms with Crippen LogP contribution in [0.2, 0.25) is 0 Å². The average Bonchev–Trinajstić information content (AvgIpc) is 2.10. The summed E-state index contributed by atoms with van der Waals surface area (Å²) in [6, 6.07) is 0.623. The smallest absolute Gasteiger partial charge is 0.0272 e. The van der Waals surface area contributed by atoms with Crippen LogP contribution >= 0.6 is 0 Å². The second kappa shape index (κ2) is 4.66. The van der Waals surface area contributed by atoms with E-state index < -0.39 is 0 Å². The summed E-state index contributed by atoms with van der Waals surface area (Å²) in [5.41, 5.74) is 0. The normalized spacial score (nSPS) is 23.8. The summed E-state index contributed by atoms with van der Waals surface area (Å²) in [5.74, 6) is 0.934. The van der Waals surface area contributed by atoms with Gasteiger partial charge in [-0.2, -0.15) is 0 Å². The molecule has 1 atom stereocenters. The van der Waals surface area contributed by atoms with E-state index in [2.05, 4.69) is 31.4 Å². The third kappa shape index (κ3) is 2.34. The summed E-state index contributed by atoms with van der Waals surface area (Å²) in [4.78, 5) is 2.56. The van der Waals surface area contributed by atoms with Crippen LogP contribution in [0.25, 0.3) is 0 Å². The zero-order valence-corrected chi connectivity index (χ0v) is 8.42. The second-order valence-electron chi connectivity index (χ2n) is 3.93. The Labute approximate surface area is 76.5 Å². The van der Waals surface area contributed by atoms with Crippen LogP contribution in [-0.4, -0.2) is 24.0 Å². The van der Waals surface area contributed by atoms with E-state index in [1.54, 1.807) is 0 Å². The van der Waals surface area contributed by atoms with E-state index in [4.69, 9.17) is 0 Å². The topological polar surface area (TPSA) is 3.24 Å². The standard InChI is InChI=1S/C11H21N/c1-4-11(5-2)12-8-6-10(3)7-9-12/h4,10-11H,1,5-9H2,2-3H3. The van der Waals surface area contributed by atoms with Gasteiger partial charge in [-0.05, 0) is 38.3 Å². The highest BCUT2D eigenvalue weighted by atomic mass is 15.2. The molecule has 0 aromatic rings. The van der Waals surface area contributed by atoms with Crippen molar-refractivity contribution in [2.24, 2.45) is 5.92 Å². The van der Waals surface area contributed by atoms with Crippen molar-refractivity contribution in [2.75, 3.05) is 13.1 Å². The Kier molecular flexibility index (Phi) is 3.80. The minimum absolute atomic E-state index is 0.623. The second-order valence-corrected chi connectivity index (χ2v) is 3.93. The Hall–Kier alpha value is -0.300. The molecule has 12 heavy (non-hydrogen) atoms. The zero-order valence-electron chi connectivity index (χ0n) is 8.42. The van der Waals surface area contributed by atoms with E-state index in [9.17, 15) is 0 Å². The first-order valence-electron chi connectivity index (χ1n) is 5.14. The van der Waals surface area contributed by atoms with Gasteiger partial charge in [-0.1, -0.05) is 19.9 Å². The summed E-state index contributed by atoms with van der Waals surface area (Å²) in [6.07, 6.45) is 6.03. The molecule has 0 aromatic carbocycles. The molecule has 0 aliphatic carbocycles. The summed E-state index contributed by atoms with van der Waals surface area (Å²) >= 11 is 0. The van der Waals surface area contributed by atoms with Crippen LogP contribution in [0.1, 0.15) is 33.1 Å². The molecule has 1 rings (SSSR count). The molecule has 0 amide bonds. The highest BCUT2D eigenvalue weighted by Crippen LogP contribution is 2.19. The molecule has 1 aliphatic rings. The molecule has 0 aromatic heterocycles. The van der Waals surface area contributed by atoms with Crippen molar-refractivity contribution in [2.45, 2.75) is 39.2 Å². The lowest BCUT2D eigenvalue weighted by Gasteiger charge is -2.34. The molecule has 1 unspecified atom stereocenters. The molecular weight excluding hydrogens is 146 g/mol. The van der Waals surface area contributed by atoms with E-state index in [0.717, 1.165) is 5.92 Å². The highest BCUT2D eigenvalue weighted by molar-refractivity contribution is 4.88. The first kappa shape index (κ1) is 9.79. The summed E-state index contributed by atoms with van der Waals surface area (Å²) in [5, 5.41) is 0. The molecule has 1 heterocycles. The molecule has 0 saturated carbocycles. The SMILES string of the molecule is C=CC(CC)N1CCC(C)CC1. The van der Waals surface area contributed by atoms with Crippen molar-refractivity contribution in [1.82, 2.24) is 4.90 Å². The summed E-state index contributed by atoms with van der Waals surface area (Å²) < 4.78 is 0. The van der Waals surface area contributed by atoms with Gasteiger partial charge in [0.2, 0.25) is 0 Å². The first-order valence-corrected chi connectivity index (χ1v) is 5.14. The minimum atomic E-state index is 0.623. The van der Waals surface area contributed by atoms with Gasteiger partial charge in [-0.3, -0.25) is 4.90 Å². The third-order valence-electron chi connectivity index (χ3n) is 2.98. The minimum Gasteiger partial charge on any atom is -0.297 e. The molecule has 1 heteroatoms. The maximum atomic E-state index is 3.88. The van der Waals surface area contributed by atoms with Crippen LogP contribution in [0.5, 0.6) is 0 Å². The Balaban J connectivity index is 2.37. The lowest BCUT2D eigenvalue weighted by Crippen LogP contribution is -2.39. The highest BCUT2D eigenvalue weighted by Gasteiger charge is 2.19. The van der Waals surface area contributed by atoms with Gasteiger partial charge in [0.25, 0.3) is 0 Å². The van der Waals surface area contributed by atoms with Crippen LogP contribution in [0.15, 0.2) is 12.7 Å². The van der Waals surface area contributed by atoms with E-state index in [1.165, 1.54) is 32.4 Å². The largest absolute Gasteiger partial charge is 0.297 e. The fraction of sp³-hybridized carbons (Fsp3) is 0.818. The maximum absolute atomic E-state index is 3.88. The molecule has 70 valence electrons. The molecular formula is C11H21N. The Morgan fingerprint density at radius 2 is 2.08 bits per heavy atom. The van der Waals surface area contributed by atoms with Crippen molar-refractivity contribution < 1.29 is 0 Å². The van der Waals surface area contributed by atoms with Crippen LogP contribution in [0.3, 0.4) is 0 Å². The van der Waals surface area contributed by atoms with Gasteiger partial charge >= 0.3 is 0 Å². The molecule has 0 N–H and O–H groups in total. The van der Waals surface area contributed by atoms with Gasteiger partial charge in [0.1, 0.15) is 0 Å². The van der Waals surface area contributed by atoms with Gasteiger partial charge in [-0.15, -0.1) is 6.58 Å². The molecule has 0 radical (unpaired) electrons. The molecule has 0 bridgehead atoms. The predicted octanol–water partition coefficient (Wildman–Crippen LogP) is 2.68. The molecule has 1 saturated heterocycles. The molecule has 1 nitrogen and oxygen atoms in total. The lowest BCUT2D eigenvalue weighted by molar-refractivity contribution is 0.158. The fourth-order valence-electron chi connectivity index (χ4n) is 1.93. The van der Waals surface area contributed by atoms with Crippen molar-refractivity contribution in [1.29, 1.82) is 0 Å². The number of rotatable bonds is 3. The van der Waals surface area contributed by atoms with Crippen LogP contribution in [0.4, 0.5) is 0 Å². The quantitative estimate of drug-likeness (QED) is 0.584. The first-order chi connectivity index (χ1) is 5.77. The number of likely N-dealkylation sites (tertiary alicyclic amines) is 1. The van der Waals surface area contributed by atoms with E-state index in [1.807, 2.05) is 0 Å². The van der Waals surface area contributed by atoms with Crippen molar-refractivity contribution in [3.63, 3.8) is 0 Å². The summed E-state index contributed by atoms with van der Waals surface area (Å²) in [7, 11) is 0. The third-order valence-corrected chi connectivity index (χ3v) is 2.98. The number of nitrogens with zero attached hydrogens (tertiary/aromatic N) is 1. The van der Waals surface area contributed by atoms with Gasteiger partial charge in [0.05, 0.1) is 0 Å². The number of piperidine rings is 1. The van der Waals surface area contributed by atoms with Gasteiger partial charge in [0.15, 0.2) is 0 Å². The Morgan fingerprint density at radius 1 is 1.50 bits per heavy atom. The number of hydrogen-bond acceptors (Lipinski definition) is 1. The van der Waals surface area contributed by atoms with Gasteiger partial charge < -0.3 is 0 Å². The average molecular weight is 167 g/mol.